The summed E-state index contributed by atoms with van der Waals surface area (Å²) in [5, 5.41) is 27.8. The van der Waals surface area contributed by atoms with Gasteiger partial charge in [0.05, 0.1) is 11.4 Å². The minimum absolute atomic E-state index is 0.672. The van der Waals surface area contributed by atoms with Gasteiger partial charge in [0.1, 0.15) is 6.67 Å². The van der Waals surface area contributed by atoms with Crippen LogP contribution >= 0.6 is 0 Å². The zero-order valence-corrected chi connectivity index (χ0v) is 17.6. The molecular weight excluding hydrogens is 380 g/mol. The van der Waals surface area contributed by atoms with Crippen molar-refractivity contribution in [3.05, 3.63) is 59.7 Å². The van der Waals surface area contributed by atoms with E-state index in [2.05, 4.69) is 31.0 Å². The maximum atomic E-state index is 4.50. The van der Waals surface area contributed by atoms with Gasteiger partial charge in [0.2, 0.25) is 5.84 Å². The van der Waals surface area contributed by atoms with Gasteiger partial charge in [0.25, 0.3) is 6.67 Å². The summed E-state index contributed by atoms with van der Waals surface area (Å²) in [5.74, 6) is 1.48. The molecule has 30 heavy (non-hydrogen) atoms. The molecule has 0 saturated heterocycles. The van der Waals surface area contributed by atoms with Crippen molar-refractivity contribution in [2.75, 3.05) is 41.5 Å². The molecule has 154 valence electrons. The predicted octanol–water partition coefficient (Wildman–Crippen LogP) is 2.76. The summed E-state index contributed by atoms with van der Waals surface area (Å²) in [6, 6.07) is 15.5. The monoisotopic (exact) mass is 405 g/mol. The van der Waals surface area contributed by atoms with E-state index in [1.165, 1.54) is 0 Å². The molecule has 0 aromatic heterocycles. The van der Waals surface area contributed by atoms with Gasteiger partial charge in [-0.15, -0.1) is 9.80 Å². The molecular formula is C20H25N10+. The second-order valence-corrected chi connectivity index (χ2v) is 7.33. The van der Waals surface area contributed by atoms with Crippen molar-refractivity contribution in [2.45, 2.75) is 0 Å². The highest BCUT2D eigenvalue weighted by atomic mass is 15.7. The minimum atomic E-state index is 0.672. The van der Waals surface area contributed by atoms with Crippen LogP contribution < -0.4 is 5.43 Å². The molecule has 1 N–H and O–H groups in total. The second-order valence-electron chi connectivity index (χ2n) is 7.33. The fraction of sp³-hybridized carbons (Fsp3) is 0.300. The molecule has 2 aliphatic heterocycles. The first kappa shape index (κ1) is 19.6. The average molecular weight is 405 g/mol. The Morgan fingerprint density at radius 1 is 0.833 bits per heavy atom. The molecule has 2 aromatic rings. The lowest BCUT2D eigenvalue weighted by molar-refractivity contribution is -0.582. The normalized spacial score (nSPS) is 17.5. The molecule has 0 bridgehead atoms. The molecule has 10 heteroatoms. The number of nitrogens with one attached hydrogen (secondary N) is 1. The van der Waals surface area contributed by atoms with E-state index < -0.39 is 0 Å². The van der Waals surface area contributed by atoms with Gasteiger partial charge >= 0.3 is 0 Å². The third-order valence-electron chi connectivity index (χ3n) is 4.47. The predicted molar refractivity (Wildman–Crippen MR) is 115 cm³/mol. The van der Waals surface area contributed by atoms with Gasteiger partial charge in [-0.05, 0) is 48.5 Å². The van der Waals surface area contributed by atoms with Gasteiger partial charge in [-0.25, -0.2) is 10.0 Å². The van der Waals surface area contributed by atoms with E-state index >= 15 is 0 Å². The van der Waals surface area contributed by atoms with Crippen LogP contribution in [0.3, 0.4) is 0 Å². The number of hydrazine groups is 1. The fourth-order valence-electron chi connectivity index (χ4n) is 3.17. The van der Waals surface area contributed by atoms with Crippen LogP contribution in [0.2, 0.25) is 0 Å². The number of benzene rings is 2. The Kier molecular flexibility index (Phi) is 5.48. The molecule has 0 fully saturated rings. The van der Waals surface area contributed by atoms with Gasteiger partial charge in [0.15, 0.2) is 12.9 Å². The van der Waals surface area contributed by atoms with Gasteiger partial charge in [-0.2, -0.15) is 15.3 Å². The van der Waals surface area contributed by atoms with Gasteiger partial charge in [-0.1, -0.05) is 0 Å². The Bertz CT molecular complexity index is 1020. The molecule has 0 radical (unpaired) electrons. The Morgan fingerprint density at radius 2 is 1.43 bits per heavy atom. The Morgan fingerprint density at radius 3 is 2.00 bits per heavy atom. The SMILES string of the molecule is CN1C[N+](C)=NC(c2ccc(N=Nc3ccc(C4=NN(C)CN(C)N4)cc3)cc2)=N1. The Labute approximate surface area is 175 Å². The molecule has 0 saturated carbocycles. The second kappa shape index (κ2) is 8.37. The van der Waals surface area contributed by atoms with Crippen LogP contribution in [-0.4, -0.2) is 72.9 Å². The Balaban J connectivity index is 1.44. The highest BCUT2D eigenvalue weighted by molar-refractivity contribution is 5.99. The maximum Gasteiger partial charge on any atom is 0.258 e. The van der Waals surface area contributed by atoms with Crippen LogP contribution in [0.5, 0.6) is 0 Å². The molecule has 0 atom stereocenters. The van der Waals surface area contributed by atoms with Crippen molar-refractivity contribution in [3.63, 3.8) is 0 Å². The smallest absolute Gasteiger partial charge is 0.258 e. The lowest BCUT2D eigenvalue weighted by Crippen LogP contribution is -2.49. The third-order valence-corrected chi connectivity index (χ3v) is 4.47. The van der Waals surface area contributed by atoms with Gasteiger partial charge in [0, 0.05) is 37.4 Å². The molecule has 4 rings (SSSR count). The zero-order valence-electron chi connectivity index (χ0n) is 17.6. The van der Waals surface area contributed by atoms with E-state index in [4.69, 9.17) is 0 Å². The summed E-state index contributed by atoms with van der Waals surface area (Å²) in [7, 11) is 7.76. The van der Waals surface area contributed by atoms with Gasteiger partial charge in [-0.3, -0.25) is 10.4 Å². The standard InChI is InChI=1S/C20H25N10/c1-27-13-28(2)24-19(23-27)15-5-9-17(10-6-15)21-22-18-11-7-16(8-12-18)20-25-29(3)14-30(4)26-20/h5-12H,13-14H2,1-4H3,(H,23,24)/q+1. The lowest BCUT2D eigenvalue weighted by atomic mass is 10.2. The third kappa shape index (κ3) is 4.66. The summed E-state index contributed by atoms with van der Waals surface area (Å²) in [6.45, 7) is 1.40. The van der Waals surface area contributed by atoms with Crippen LogP contribution in [0.4, 0.5) is 11.4 Å². The van der Waals surface area contributed by atoms with Crippen molar-refractivity contribution in [1.29, 1.82) is 0 Å². The van der Waals surface area contributed by atoms with Crippen LogP contribution in [0.1, 0.15) is 11.1 Å². The molecule has 0 spiro atoms. The summed E-state index contributed by atoms with van der Waals surface area (Å²) in [5.41, 5.74) is 6.71. The lowest BCUT2D eigenvalue weighted by Gasteiger charge is -2.30. The molecule has 2 heterocycles. The summed E-state index contributed by atoms with van der Waals surface area (Å²) in [4.78, 5) is 0. The minimum Gasteiger partial charge on any atom is -0.300 e. The number of nitrogens with zero attached hydrogens (tertiary/aromatic N) is 9. The van der Waals surface area contributed by atoms with E-state index in [-0.39, 0.29) is 0 Å². The van der Waals surface area contributed by atoms with Crippen molar-refractivity contribution >= 4 is 23.0 Å². The first-order valence-electron chi connectivity index (χ1n) is 9.59. The summed E-state index contributed by atoms with van der Waals surface area (Å²) in [6.07, 6.45) is 0. The van der Waals surface area contributed by atoms with Crippen molar-refractivity contribution in [3.8, 4) is 0 Å². The zero-order chi connectivity index (χ0) is 21.1. The highest BCUT2D eigenvalue weighted by Gasteiger charge is 2.16. The van der Waals surface area contributed by atoms with Crippen LogP contribution in [0.15, 0.2) is 74.1 Å². The molecule has 2 aromatic carbocycles. The largest absolute Gasteiger partial charge is 0.300 e. The number of azo groups is 3. The van der Waals surface area contributed by atoms with E-state index in [1.54, 1.807) is 0 Å². The topological polar surface area (TPSA) is 86.6 Å². The molecule has 0 amide bonds. The van der Waals surface area contributed by atoms with Crippen LogP contribution in [0, 0.1) is 0 Å². The number of rotatable bonds is 4. The van der Waals surface area contributed by atoms with Crippen molar-refractivity contribution in [1.82, 2.24) is 20.5 Å². The fourth-order valence-corrected chi connectivity index (χ4v) is 3.17. The average Bonchev–Trinajstić information content (AvgIpc) is 2.71. The number of amidine groups is 2. The molecule has 0 aliphatic carbocycles. The van der Waals surface area contributed by atoms with Gasteiger partial charge < -0.3 is 0 Å². The quantitative estimate of drug-likeness (QED) is 0.626. The number of hydrazone groups is 2. The van der Waals surface area contributed by atoms with Crippen molar-refractivity contribution < 1.29 is 4.70 Å². The number of hydrogen-bond acceptors (Lipinski definition) is 9. The first-order chi connectivity index (χ1) is 14.5. The highest BCUT2D eigenvalue weighted by Crippen LogP contribution is 2.20. The van der Waals surface area contributed by atoms with E-state index in [0.717, 1.165) is 35.0 Å². The van der Waals surface area contributed by atoms with Crippen LogP contribution in [-0.2, 0) is 0 Å². The first-order valence-corrected chi connectivity index (χ1v) is 9.59. The van der Waals surface area contributed by atoms with E-state index in [0.29, 0.717) is 12.5 Å². The molecule has 0 unspecified atom stereocenters. The number of hydrogen-bond donors (Lipinski definition) is 1. The molecule has 2 aliphatic rings. The van der Waals surface area contributed by atoms with E-state index in [1.807, 2.05) is 96.4 Å². The van der Waals surface area contributed by atoms with E-state index in [9.17, 15) is 0 Å². The summed E-state index contributed by atoms with van der Waals surface area (Å²) >= 11 is 0. The summed E-state index contributed by atoms with van der Waals surface area (Å²) < 4.78 is 1.85. The molecule has 10 nitrogen and oxygen atoms in total. The Hall–Kier alpha value is -3.66. The van der Waals surface area contributed by atoms with Crippen molar-refractivity contribution in [2.24, 2.45) is 25.5 Å². The van der Waals surface area contributed by atoms with Crippen LogP contribution in [0.25, 0.3) is 0 Å². The maximum absolute atomic E-state index is 4.50.